The number of ether oxygens (including phenoxy) is 1. The summed E-state index contributed by atoms with van der Waals surface area (Å²) < 4.78 is 5.04. The normalized spacial score (nSPS) is 27.6. The molecule has 1 heterocycles. The molecule has 4 amide bonds. The Hall–Kier alpha value is -2.12. The molecule has 0 aromatic heterocycles. The van der Waals surface area contributed by atoms with Crippen molar-refractivity contribution in [2.75, 3.05) is 19.7 Å². The maximum absolute atomic E-state index is 12.4. The Balaban J connectivity index is 1.78. The summed E-state index contributed by atoms with van der Waals surface area (Å²) in [6.07, 6.45) is 3.35. The van der Waals surface area contributed by atoms with Crippen molar-refractivity contribution in [2.45, 2.75) is 59.4 Å². The molecule has 28 heavy (non-hydrogen) atoms. The van der Waals surface area contributed by atoms with Gasteiger partial charge in [0.15, 0.2) is 6.61 Å². The standard InChI is InChI=1S/C20H33N3O5/c1-12(2)9-21-20(27)22-17(24)11-28-19(26)15-8-18(25)23(10-15)16-7-5-6-13(3)14(16)4/h12-16H,5-11H2,1-4H3,(H2,21,22,24,27)/t13-,14-,15-,16+/m1/s1. The molecule has 0 aromatic rings. The minimum Gasteiger partial charge on any atom is -0.455 e. The van der Waals surface area contributed by atoms with Crippen molar-refractivity contribution in [3.05, 3.63) is 0 Å². The Morgan fingerprint density at radius 2 is 1.93 bits per heavy atom. The van der Waals surface area contributed by atoms with Gasteiger partial charge in [0.2, 0.25) is 5.91 Å². The second-order valence-corrected chi connectivity index (χ2v) is 8.54. The van der Waals surface area contributed by atoms with Gasteiger partial charge in [-0.25, -0.2) is 4.79 Å². The van der Waals surface area contributed by atoms with Crippen molar-refractivity contribution in [3.63, 3.8) is 0 Å². The van der Waals surface area contributed by atoms with Gasteiger partial charge in [0.1, 0.15) is 0 Å². The molecule has 8 nitrogen and oxygen atoms in total. The molecule has 0 aromatic carbocycles. The number of likely N-dealkylation sites (tertiary alicyclic amines) is 1. The molecule has 2 aliphatic rings. The summed E-state index contributed by atoms with van der Waals surface area (Å²) in [5.41, 5.74) is 0. The van der Waals surface area contributed by atoms with Gasteiger partial charge in [-0.2, -0.15) is 0 Å². The highest BCUT2D eigenvalue weighted by molar-refractivity contribution is 5.96. The Bertz CT molecular complexity index is 607. The van der Waals surface area contributed by atoms with Crippen LogP contribution in [0.1, 0.15) is 53.4 Å². The van der Waals surface area contributed by atoms with Gasteiger partial charge < -0.3 is 15.0 Å². The summed E-state index contributed by atoms with van der Waals surface area (Å²) in [6.45, 7) is 8.50. The number of imide groups is 1. The zero-order valence-corrected chi connectivity index (χ0v) is 17.3. The number of amides is 4. The second kappa shape index (κ2) is 9.89. The summed E-state index contributed by atoms with van der Waals surface area (Å²) in [4.78, 5) is 49.8. The van der Waals surface area contributed by atoms with E-state index < -0.39 is 30.4 Å². The molecule has 158 valence electrons. The van der Waals surface area contributed by atoms with E-state index in [4.69, 9.17) is 4.74 Å². The van der Waals surface area contributed by atoms with Crippen LogP contribution in [0.15, 0.2) is 0 Å². The predicted molar refractivity (Wildman–Crippen MR) is 103 cm³/mol. The average molecular weight is 396 g/mol. The van der Waals surface area contributed by atoms with Crippen LogP contribution >= 0.6 is 0 Å². The Labute approximate surface area is 166 Å². The van der Waals surface area contributed by atoms with Gasteiger partial charge in [0.25, 0.3) is 5.91 Å². The molecule has 0 radical (unpaired) electrons. The lowest BCUT2D eigenvalue weighted by Gasteiger charge is -2.39. The van der Waals surface area contributed by atoms with Crippen LogP contribution in [0.2, 0.25) is 0 Å². The minimum absolute atomic E-state index is 0.0228. The van der Waals surface area contributed by atoms with E-state index in [0.29, 0.717) is 24.9 Å². The van der Waals surface area contributed by atoms with Gasteiger partial charge in [-0.3, -0.25) is 19.7 Å². The fourth-order valence-electron chi connectivity index (χ4n) is 3.96. The van der Waals surface area contributed by atoms with Crippen molar-refractivity contribution in [2.24, 2.45) is 23.7 Å². The highest BCUT2D eigenvalue weighted by Gasteiger charge is 2.42. The average Bonchev–Trinajstić information content (AvgIpc) is 3.02. The van der Waals surface area contributed by atoms with Crippen LogP contribution in [0.4, 0.5) is 4.79 Å². The third-order valence-electron chi connectivity index (χ3n) is 5.83. The molecule has 2 fully saturated rings. The van der Waals surface area contributed by atoms with E-state index in [1.165, 1.54) is 6.42 Å². The molecule has 4 atom stereocenters. The maximum atomic E-state index is 12.4. The first-order chi connectivity index (χ1) is 13.2. The van der Waals surface area contributed by atoms with Crippen molar-refractivity contribution in [1.29, 1.82) is 0 Å². The van der Waals surface area contributed by atoms with Gasteiger partial charge in [-0.1, -0.05) is 40.5 Å². The lowest BCUT2D eigenvalue weighted by molar-refractivity contribution is -0.152. The summed E-state index contributed by atoms with van der Waals surface area (Å²) in [5, 5.41) is 4.67. The van der Waals surface area contributed by atoms with Crippen LogP contribution in [0.3, 0.4) is 0 Å². The number of hydrogen-bond acceptors (Lipinski definition) is 5. The number of esters is 1. The topological polar surface area (TPSA) is 105 Å². The maximum Gasteiger partial charge on any atom is 0.321 e. The van der Waals surface area contributed by atoms with Crippen molar-refractivity contribution < 1.29 is 23.9 Å². The third-order valence-corrected chi connectivity index (χ3v) is 5.83. The van der Waals surface area contributed by atoms with Gasteiger partial charge in [-0.05, 0) is 24.2 Å². The summed E-state index contributed by atoms with van der Waals surface area (Å²) in [7, 11) is 0. The molecule has 0 unspecified atom stereocenters. The van der Waals surface area contributed by atoms with Gasteiger partial charge >= 0.3 is 12.0 Å². The summed E-state index contributed by atoms with van der Waals surface area (Å²) in [6, 6.07) is -0.445. The van der Waals surface area contributed by atoms with Crippen molar-refractivity contribution >= 4 is 23.8 Å². The molecular weight excluding hydrogens is 362 g/mol. The molecule has 1 saturated carbocycles. The molecular formula is C20H33N3O5. The number of nitrogens with zero attached hydrogens (tertiary/aromatic N) is 1. The first-order valence-electron chi connectivity index (χ1n) is 10.2. The Morgan fingerprint density at radius 3 is 2.61 bits per heavy atom. The van der Waals surface area contributed by atoms with E-state index in [-0.39, 0.29) is 24.3 Å². The van der Waals surface area contributed by atoms with Crippen LogP contribution in [0, 0.1) is 23.7 Å². The van der Waals surface area contributed by atoms with Gasteiger partial charge in [-0.15, -0.1) is 0 Å². The van der Waals surface area contributed by atoms with E-state index in [0.717, 1.165) is 12.8 Å². The number of carbonyl (C=O) groups excluding carboxylic acids is 4. The zero-order valence-electron chi connectivity index (χ0n) is 17.3. The number of urea groups is 1. The molecule has 2 rings (SSSR count). The highest BCUT2D eigenvalue weighted by atomic mass is 16.5. The molecule has 1 saturated heterocycles. The van der Waals surface area contributed by atoms with Crippen molar-refractivity contribution in [3.8, 4) is 0 Å². The van der Waals surface area contributed by atoms with Gasteiger partial charge in [0, 0.05) is 25.6 Å². The lowest BCUT2D eigenvalue weighted by Crippen LogP contribution is -2.45. The van der Waals surface area contributed by atoms with Crippen LogP contribution in [-0.4, -0.2) is 54.5 Å². The van der Waals surface area contributed by atoms with E-state index in [9.17, 15) is 19.2 Å². The number of rotatable bonds is 6. The number of carbonyl (C=O) groups is 4. The fraction of sp³-hybridized carbons (Fsp3) is 0.800. The first kappa shape index (κ1) is 22.2. The molecule has 1 aliphatic carbocycles. The third kappa shape index (κ3) is 5.94. The van der Waals surface area contributed by atoms with Crippen LogP contribution in [-0.2, 0) is 19.1 Å². The predicted octanol–water partition coefficient (Wildman–Crippen LogP) is 1.68. The van der Waals surface area contributed by atoms with E-state index in [1.54, 1.807) is 0 Å². The summed E-state index contributed by atoms with van der Waals surface area (Å²) >= 11 is 0. The summed E-state index contributed by atoms with van der Waals surface area (Å²) in [5.74, 6) is -0.609. The van der Waals surface area contributed by atoms with Gasteiger partial charge in [0.05, 0.1) is 5.92 Å². The molecule has 1 aliphatic heterocycles. The SMILES string of the molecule is CC(C)CNC(=O)NC(=O)COC(=O)[C@@H]1CC(=O)N([C@H]2CCC[C@@H](C)[C@H]2C)C1. The number of nitrogens with one attached hydrogen (secondary N) is 2. The highest BCUT2D eigenvalue weighted by Crippen LogP contribution is 2.35. The molecule has 2 N–H and O–H groups in total. The van der Waals surface area contributed by atoms with E-state index in [1.807, 2.05) is 18.7 Å². The Morgan fingerprint density at radius 1 is 1.21 bits per heavy atom. The second-order valence-electron chi connectivity index (χ2n) is 8.54. The molecule has 0 bridgehead atoms. The molecule has 8 heteroatoms. The van der Waals surface area contributed by atoms with E-state index >= 15 is 0 Å². The van der Waals surface area contributed by atoms with Crippen LogP contribution in [0.5, 0.6) is 0 Å². The Kier molecular flexibility index (Phi) is 7.83. The minimum atomic E-state index is -0.689. The number of hydrogen-bond donors (Lipinski definition) is 2. The van der Waals surface area contributed by atoms with E-state index in [2.05, 4.69) is 24.5 Å². The lowest BCUT2D eigenvalue weighted by atomic mass is 9.77. The van der Waals surface area contributed by atoms with Crippen LogP contribution < -0.4 is 10.6 Å². The van der Waals surface area contributed by atoms with Crippen LogP contribution in [0.25, 0.3) is 0 Å². The quantitative estimate of drug-likeness (QED) is 0.666. The largest absolute Gasteiger partial charge is 0.455 e. The molecule has 0 spiro atoms. The zero-order chi connectivity index (χ0) is 20.8. The van der Waals surface area contributed by atoms with Crippen molar-refractivity contribution in [1.82, 2.24) is 15.5 Å². The monoisotopic (exact) mass is 395 g/mol. The first-order valence-corrected chi connectivity index (χ1v) is 10.2. The smallest absolute Gasteiger partial charge is 0.321 e. The fourth-order valence-corrected chi connectivity index (χ4v) is 3.96.